The first-order chi connectivity index (χ1) is 9.37. The zero-order chi connectivity index (χ0) is 14.9. The van der Waals surface area contributed by atoms with Gasteiger partial charge >= 0.3 is 0 Å². The van der Waals surface area contributed by atoms with Crippen molar-refractivity contribution in [2.24, 2.45) is 28.9 Å². The smallest absolute Gasteiger partial charge is 0.226 e. The fraction of sp³-hybridized carbons (Fsp3) is 0.941. The molecule has 2 aliphatic rings. The molecule has 1 saturated carbocycles. The van der Waals surface area contributed by atoms with E-state index in [2.05, 4.69) is 32.6 Å². The van der Waals surface area contributed by atoms with Crippen molar-refractivity contribution in [2.45, 2.75) is 65.8 Å². The molecule has 1 aliphatic heterocycles. The van der Waals surface area contributed by atoms with Gasteiger partial charge in [-0.15, -0.1) is 0 Å². The Morgan fingerprint density at radius 1 is 1.20 bits per heavy atom. The van der Waals surface area contributed by atoms with E-state index in [0.717, 1.165) is 31.8 Å². The Morgan fingerprint density at radius 3 is 2.35 bits per heavy atom. The van der Waals surface area contributed by atoms with Crippen LogP contribution in [0.3, 0.4) is 0 Å². The summed E-state index contributed by atoms with van der Waals surface area (Å²) in [5.41, 5.74) is 6.23. The predicted molar refractivity (Wildman–Crippen MR) is 83.2 cm³/mol. The molecule has 2 fully saturated rings. The van der Waals surface area contributed by atoms with E-state index in [-0.39, 0.29) is 17.4 Å². The van der Waals surface area contributed by atoms with Crippen LogP contribution in [0.25, 0.3) is 0 Å². The van der Waals surface area contributed by atoms with Gasteiger partial charge in [-0.2, -0.15) is 0 Å². The van der Waals surface area contributed by atoms with E-state index >= 15 is 0 Å². The van der Waals surface area contributed by atoms with Gasteiger partial charge in [-0.25, -0.2) is 0 Å². The van der Waals surface area contributed by atoms with Gasteiger partial charge in [-0.3, -0.25) is 4.79 Å². The quantitative estimate of drug-likeness (QED) is 0.845. The Kier molecular flexibility index (Phi) is 4.78. The minimum absolute atomic E-state index is 0.0242. The van der Waals surface area contributed by atoms with Crippen LogP contribution in [0.5, 0.6) is 0 Å². The molecule has 3 heteroatoms. The van der Waals surface area contributed by atoms with Gasteiger partial charge in [0.05, 0.1) is 0 Å². The Balaban J connectivity index is 2.02. The summed E-state index contributed by atoms with van der Waals surface area (Å²) < 4.78 is 0. The SMILES string of the molecule is CCC1CCN(C(=O)C2CCC(N)C(C)C2(C)C)CC1. The van der Waals surface area contributed by atoms with Crippen LogP contribution in [0, 0.1) is 23.2 Å². The van der Waals surface area contributed by atoms with E-state index in [1.54, 1.807) is 0 Å². The number of nitrogens with two attached hydrogens (primary N) is 1. The van der Waals surface area contributed by atoms with Crippen molar-refractivity contribution >= 4 is 5.91 Å². The lowest BCUT2D eigenvalue weighted by atomic mass is 9.60. The van der Waals surface area contributed by atoms with Crippen LogP contribution in [0.2, 0.25) is 0 Å². The van der Waals surface area contributed by atoms with Crippen molar-refractivity contribution in [3.05, 3.63) is 0 Å². The first kappa shape index (κ1) is 15.8. The lowest BCUT2D eigenvalue weighted by Crippen LogP contribution is -2.53. The van der Waals surface area contributed by atoms with Crippen LogP contribution in [-0.4, -0.2) is 29.9 Å². The Bertz CT molecular complexity index is 345. The maximum atomic E-state index is 12.9. The largest absolute Gasteiger partial charge is 0.342 e. The van der Waals surface area contributed by atoms with Gasteiger partial charge in [0.25, 0.3) is 0 Å². The molecule has 116 valence electrons. The molecule has 3 nitrogen and oxygen atoms in total. The molecule has 2 N–H and O–H groups in total. The van der Waals surface area contributed by atoms with Crippen LogP contribution >= 0.6 is 0 Å². The number of hydrogen-bond donors (Lipinski definition) is 1. The fourth-order valence-corrected chi connectivity index (χ4v) is 4.07. The molecule has 1 aliphatic carbocycles. The number of carbonyl (C=O) groups is 1. The number of piperidine rings is 1. The Labute approximate surface area is 124 Å². The van der Waals surface area contributed by atoms with Gasteiger partial charge in [0, 0.05) is 25.0 Å². The average molecular weight is 280 g/mol. The third-order valence-electron chi connectivity index (χ3n) is 6.30. The van der Waals surface area contributed by atoms with Crippen molar-refractivity contribution in [1.29, 1.82) is 0 Å². The van der Waals surface area contributed by atoms with E-state index in [4.69, 9.17) is 5.73 Å². The van der Waals surface area contributed by atoms with Crippen molar-refractivity contribution in [1.82, 2.24) is 4.90 Å². The van der Waals surface area contributed by atoms with Gasteiger partial charge < -0.3 is 10.6 Å². The summed E-state index contributed by atoms with van der Waals surface area (Å²) in [5.74, 6) is 1.79. The highest BCUT2D eigenvalue weighted by atomic mass is 16.2. The zero-order valence-electron chi connectivity index (χ0n) is 13.7. The van der Waals surface area contributed by atoms with Crippen LogP contribution in [0.15, 0.2) is 0 Å². The van der Waals surface area contributed by atoms with E-state index < -0.39 is 0 Å². The molecule has 1 saturated heterocycles. The molecular formula is C17H32N2O. The molecule has 3 unspecified atom stereocenters. The summed E-state index contributed by atoms with van der Waals surface area (Å²) >= 11 is 0. The molecular weight excluding hydrogens is 248 g/mol. The van der Waals surface area contributed by atoms with Gasteiger partial charge in [0.1, 0.15) is 0 Å². The van der Waals surface area contributed by atoms with Crippen molar-refractivity contribution in [2.75, 3.05) is 13.1 Å². The summed E-state index contributed by atoms with van der Waals surface area (Å²) in [5, 5.41) is 0. The van der Waals surface area contributed by atoms with Gasteiger partial charge in [-0.1, -0.05) is 34.1 Å². The number of hydrogen-bond acceptors (Lipinski definition) is 2. The summed E-state index contributed by atoms with van der Waals surface area (Å²) in [6, 6.07) is 0.250. The highest BCUT2D eigenvalue weighted by Crippen LogP contribution is 2.45. The highest BCUT2D eigenvalue weighted by Gasteiger charge is 2.46. The summed E-state index contributed by atoms with van der Waals surface area (Å²) in [7, 11) is 0. The average Bonchev–Trinajstić information content (AvgIpc) is 2.44. The number of carbonyl (C=O) groups excluding carboxylic acids is 1. The van der Waals surface area contributed by atoms with Crippen LogP contribution in [0.4, 0.5) is 0 Å². The Hall–Kier alpha value is -0.570. The van der Waals surface area contributed by atoms with Crippen LogP contribution < -0.4 is 5.73 Å². The molecule has 1 heterocycles. The second kappa shape index (κ2) is 6.05. The molecule has 20 heavy (non-hydrogen) atoms. The molecule has 2 rings (SSSR count). The summed E-state index contributed by atoms with van der Waals surface area (Å²) in [6.07, 6.45) is 5.58. The second-order valence-corrected chi connectivity index (χ2v) is 7.58. The number of amides is 1. The zero-order valence-corrected chi connectivity index (χ0v) is 13.7. The first-order valence-electron chi connectivity index (χ1n) is 8.42. The highest BCUT2D eigenvalue weighted by molar-refractivity contribution is 5.80. The Morgan fingerprint density at radius 2 is 1.80 bits per heavy atom. The molecule has 0 spiro atoms. The molecule has 0 aromatic heterocycles. The lowest BCUT2D eigenvalue weighted by molar-refractivity contribution is -0.145. The maximum Gasteiger partial charge on any atom is 0.226 e. The molecule has 0 aromatic rings. The minimum Gasteiger partial charge on any atom is -0.342 e. The van der Waals surface area contributed by atoms with E-state index in [9.17, 15) is 4.79 Å². The summed E-state index contributed by atoms with van der Waals surface area (Å²) in [4.78, 5) is 15.0. The number of nitrogens with zero attached hydrogens (tertiary/aromatic N) is 1. The third-order valence-corrected chi connectivity index (χ3v) is 6.30. The topological polar surface area (TPSA) is 46.3 Å². The van der Waals surface area contributed by atoms with Crippen molar-refractivity contribution in [3.63, 3.8) is 0 Å². The van der Waals surface area contributed by atoms with E-state index in [1.807, 2.05) is 0 Å². The molecule has 0 aromatic carbocycles. The van der Waals surface area contributed by atoms with E-state index in [1.165, 1.54) is 19.3 Å². The molecule has 1 amide bonds. The number of rotatable bonds is 2. The normalized spacial score (nSPS) is 35.0. The first-order valence-corrected chi connectivity index (χ1v) is 8.42. The standard InChI is InChI=1S/C17H32N2O/c1-5-13-8-10-19(11-9-13)16(20)14-6-7-15(18)12(2)17(14,3)4/h12-15H,5-11,18H2,1-4H3. The molecule has 3 atom stereocenters. The van der Waals surface area contributed by atoms with Gasteiger partial charge in [0.2, 0.25) is 5.91 Å². The molecule has 0 radical (unpaired) electrons. The van der Waals surface area contributed by atoms with Crippen LogP contribution in [0.1, 0.15) is 59.8 Å². The van der Waals surface area contributed by atoms with Gasteiger partial charge in [-0.05, 0) is 42.9 Å². The van der Waals surface area contributed by atoms with Gasteiger partial charge in [0.15, 0.2) is 0 Å². The lowest BCUT2D eigenvalue weighted by Gasteiger charge is -2.48. The monoisotopic (exact) mass is 280 g/mol. The van der Waals surface area contributed by atoms with Crippen molar-refractivity contribution in [3.8, 4) is 0 Å². The fourth-order valence-electron chi connectivity index (χ4n) is 4.07. The summed E-state index contributed by atoms with van der Waals surface area (Å²) in [6.45, 7) is 10.9. The molecule has 0 bridgehead atoms. The predicted octanol–water partition coefficient (Wildman–Crippen LogP) is 3.03. The second-order valence-electron chi connectivity index (χ2n) is 7.58. The number of likely N-dealkylation sites (tertiary alicyclic amines) is 1. The van der Waals surface area contributed by atoms with E-state index in [0.29, 0.717) is 11.8 Å². The van der Waals surface area contributed by atoms with Crippen molar-refractivity contribution < 1.29 is 4.79 Å². The minimum atomic E-state index is 0.0242. The third kappa shape index (κ3) is 2.88. The van der Waals surface area contributed by atoms with Crippen LogP contribution in [-0.2, 0) is 4.79 Å². The maximum absolute atomic E-state index is 12.9.